The highest BCUT2D eigenvalue weighted by molar-refractivity contribution is 6.30. The minimum Gasteiger partial charge on any atom is -0.367 e. The zero-order valence-electron chi connectivity index (χ0n) is 8.42. The van der Waals surface area contributed by atoms with Gasteiger partial charge in [-0.2, -0.15) is 0 Å². The predicted molar refractivity (Wildman–Crippen MR) is 57.6 cm³/mol. The molecule has 14 heavy (non-hydrogen) atoms. The van der Waals surface area contributed by atoms with Gasteiger partial charge in [0.1, 0.15) is 17.3 Å². The Morgan fingerprint density at radius 2 is 2.14 bits per heavy atom. The smallest absolute Gasteiger partial charge is 0.137 e. The summed E-state index contributed by atoms with van der Waals surface area (Å²) in [5, 5.41) is 3.92. The summed E-state index contributed by atoms with van der Waals surface area (Å²) in [7, 11) is 0. The Morgan fingerprint density at radius 1 is 1.43 bits per heavy atom. The van der Waals surface area contributed by atoms with Gasteiger partial charge < -0.3 is 5.32 Å². The Labute approximate surface area is 88.9 Å². The summed E-state index contributed by atoms with van der Waals surface area (Å²) in [5.74, 6) is 1.71. The zero-order chi connectivity index (χ0) is 10.1. The molecule has 0 bridgehead atoms. The van der Waals surface area contributed by atoms with E-state index in [9.17, 15) is 0 Å². The van der Waals surface area contributed by atoms with E-state index < -0.39 is 0 Å². The van der Waals surface area contributed by atoms with Crippen LogP contribution in [0, 0.1) is 12.8 Å². The van der Waals surface area contributed by atoms with Crippen molar-refractivity contribution < 1.29 is 0 Å². The van der Waals surface area contributed by atoms with Gasteiger partial charge >= 0.3 is 0 Å². The molecule has 4 heteroatoms. The van der Waals surface area contributed by atoms with E-state index in [1.807, 2.05) is 6.92 Å². The van der Waals surface area contributed by atoms with Crippen molar-refractivity contribution in [1.29, 1.82) is 0 Å². The molecule has 1 aromatic rings. The van der Waals surface area contributed by atoms with Gasteiger partial charge in [0.2, 0.25) is 0 Å². The number of anilines is 1. The minimum atomic E-state index is 0.537. The fourth-order valence-electron chi connectivity index (χ4n) is 1.79. The van der Waals surface area contributed by atoms with Gasteiger partial charge in [-0.3, -0.25) is 0 Å². The molecule has 0 aliphatic heterocycles. The van der Waals surface area contributed by atoms with Gasteiger partial charge in [-0.05, 0) is 25.7 Å². The van der Waals surface area contributed by atoms with Gasteiger partial charge in [0.05, 0.1) is 0 Å². The molecule has 0 amide bonds. The van der Waals surface area contributed by atoms with E-state index in [2.05, 4.69) is 22.2 Å². The van der Waals surface area contributed by atoms with E-state index in [4.69, 9.17) is 11.6 Å². The van der Waals surface area contributed by atoms with Crippen LogP contribution in [0.2, 0.25) is 5.15 Å². The summed E-state index contributed by atoms with van der Waals surface area (Å²) in [6.45, 7) is 4.20. The first-order valence-corrected chi connectivity index (χ1v) is 5.28. The van der Waals surface area contributed by atoms with E-state index in [0.717, 1.165) is 17.3 Å². The Morgan fingerprint density at radius 3 is 2.79 bits per heavy atom. The van der Waals surface area contributed by atoms with Crippen LogP contribution in [0.4, 0.5) is 5.82 Å². The first-order chi connectivity index (χ1) is 6.66. The van der Waals surface area contributed by atoms with E-state index in [-0.39, 0.29) is 0 Å². The normalized spacial score (nSPS) is 25.6. The molecule has 0 saturated heterocycles. The van der Waals surface area contributed by atoms with Crippen LogP contribution in [0.25, 0.3) is 0 Å². The standard InChI is InChI=1S/C10H14ClN3/c1-6-3-8(4-6)14-10-7(2)9(11)12-5-13-10/h5-6,8H,3-4H2,1-2H3,(H,12,13,14). The molecule has 0 unspecified atom stereocenters. The summed E-state index contributed by atoms with van der Waals surface area (Å²) in [4.78, 5) is 8.10. The number of nitrogens with one attached hydrogen (secondary N) is 1. The van der Waals surface area contributed by atoms with E-state index >= 15 is 0 Å². The summed E-state index contributed by atoms with van der Waals surface area (Å²) in [6.07, 6.45) is 3.95. The van der Waals surface area contributed by atoms with Crippen molar-refractivity contribution in [3.63, 3.8) is 0 Å². The Kier molecular flexibility index (Phi) is 2.59. The third-order valence-corrected chi connectivity index (χ3v) is 3.12. The molecule has 1 heterocycles. The van der Waals surface area contributed by atoms with E-state index in [1.54, 1.807) is 0 Å². The first-order valence-electron chi connectivity index (χ1n) is 4.90. The number of halogens is 1. The maximum Gasteiger partial charge on any atom is 0.137 e. The lowest BCUT2D eigenvalue weighted by Crippen LogP contribution is -2.34. The number of hydrogen-bond donors (Lipinski definition) is 1. The summed E-state index contributed by atoms with van der Waals surface area (Å²) < 4.78 is 0. The van der Waals surface area contributed by atoms with Crippen molar-refractivity contribution in [2.24, 2.45) is 5.92 Å². The number of aromatic nitrogens is 2. The van der Waals surface area contributed by atoms with Crippen LogP contribution >= 0.6 is 11.6 Å². The van der Waals surface area contributed by atoms with Crippen molar-refractivity contribution >= 4 is 17.4 Å². The SMILES string of the molecule is Cc1c(Cl)ncnc1NC1CC(C)C1. The molecule has 1 aliphatic rings. The van der Waals surface area contributed by atoms with Crippen LogP contribution < -0.4 is 5.32 Å². The Bertz CT molecular complexity index is 334. The number of hydrogen-bond acceptors (Lipinski definition) is 3. The van der Waals surface area contributed by atoms with Crippen LogP contribution in [-0.4, -0.2) is 16.0 Å². The largest absolute Gasteiger partial charge is 0.367 e. The highest BCUT2D eigenvalue weighted by Crippen LogP contribution is 2.30. The maximum absolute atomic E-state index is 5.90. The molecule has 1 N–H and O–H groups in total. The van der Waals surface area contributed by atoms with Crippen LogP contribution in [0.15, 0.2) is 6.33 Å². The number of nitrogens with zero attached hydrogens (tertiary/aromatic N) is 2. The molecular weight excluding hydrogens is 198 g/mol. The second kappa shape index (κ2) is 3.73. The van der Waals surface area contributed by atoms with Crippen LogP contribution in [0.5, 0.6) is 0 Å². The van der Waals surface area contributed by atoms with Crippen molar-refractivity contribution in [2.75, 3.05) is 5.32 Å². The second-order valence-corrected chi connectivity index (χ2v) is 4.41. The molecule has 1 saturated carbocycles. The third kappa shape index (κ3) is 1.82. The molecule has 1 aliphatic carbocycles. The molecule has 1 fully saturated rings. The lowest BCUT2D eigenvalue weighted by molar-refractivity contribution is 0.308. The van der Waals surface area contributed by atoms with Crippen molar-refractivity contribution in [1.82, 2.24) is 9.97 Å². The molecule has 3 nitrogen and oxygen atoms in total. The first kappa shape index (κ1) is 9.71. The van der Waals surface area contributed by atoms with Gasteiger partial charge in [0.15, 0.2) is 0 Å². The fourth-order valence-corrected chi connectivity index (χ4v) is 1.92. The van der Waals surface area contributed by atoms with E-state index in [1.165, 1.54) is 19.2 Å². The zero-order valence-corrected chi connectivity index (χ0v) is 9.17. The number of rotatable bonds is 2. The summed E-state index contributed by atoms with van der Waals surface area (Å²) in [5.41, 5.74) is 0.939. The third-order valence-electron chi connectivity index (χ3n) is 2.74. The highest BCUT2D eigenvalue weighted by atomic mass is 35.5. The van der Waals surface area contributed by atoms with Gasteiger partial charge in [0, 0.05) is 11.6 Å². The molecule has 0 atom stereocenters. The average molecular weight is 212 g/mol. The highest BCUT2D eigenvalue weighted by Gasteiger charge is 2.25. The van der Waals surface area contributed by atoms with Crippen molar-refractivity contribution in [2.45, 2.75) is 32.7 Å². The second-order valence-electron chi connectivity index (χ2n) is 4.06. The minimum absolute atomic E-state index is 0.537. The van der Waals surface area contributed by atoms with Gasteiger partial charge in [-0.25, -0.2) is 9.97 Å². The van der Waals surface area contributed by atoms with Crippen LogP contribution in [0.3, 0.4) is 0 Å². The van der Waals surface area contributed by atoms with Gasteiger partial charge in [-0.1, -0.05) is 18.5 Å². The molecule has 0 aromatic carbocycles. The predicted octanol–water partition coefficient (Wildman–Crippen LogP) is 2.65. The molecule has 1 aromatic heterocycles. The van der Waals surface area contributed by atoms with Crippen molar-refractivity contribution in [3.8, 4) is 0 Å². The van der Waals surface area contributed by atoms with Crippen LogP contribution in [0.1, 0.15) is 25.3 Å². The van der Waals surface area contributed by atoms with Gasteiger partial charge in [-0.15, -0.1) is 0 Å². The monoisotopic (exact) mass is 211 g/mol. The molecule has 0 radical (unpaired) electrons. The van der Waals surface area contributed by atoms with E-state index in [0.29, 0.717) is 11.2 Å². The molecule has 0 spiro atoms. The Hall–Kier alpha value is -0.830. The maximum atomic E-state index is 5.90. The molecule has 76 valence electrons. The van der Waals surface area contributed by atoms with Crippen LogP contribution in [-0.2, 0) is 0 Å². The summed E-state index contributed by atoms with van der Waals surface area (Å²) >= 11 is 5.90. The molecule has 2 rings (SSSR count). The topological polar surface area (TPSA) is 37.8 Å². The average Bonchev–Trinajstić information content (AvgIpc) is 2.10. The lowest BCUT2D eigenvalue weighted by Gasteiger charge is -2.33. The quantitative estimate of drug-likeness (QED) is 0.765. The summed E-state index contributed by atoms with van der Waals surface area (Å²) in [6, 6.07) is 0.565. The lowest BCUT2D eigenvalue weighted by atomic mass is 9.82. The van der Waals surface area contributed by atoms with Gasteiger partial charge in [0.25, 0.3) is 0 Å². The fraction of sp³-hybridized carbons (Fsp3) is 0.600. The Balaban J connectivity index is 2.06. The molecular formula is C10H14ClN3. The van der Waals surface area contributed by atoms with Crippen molar-refractivity contribution in [3.05, 3.63) is 17.0 Å².